The number of urea groups is 1. The summed E-state index contributed by atoms with van der Waals surface area (Å²) in [5, 5.41) is 8.46. The van der Waals surface area contributed by atoms with Crippen molar-refractivity contribution in [1.29, 1.82) is 0 Å². The van der Waals surface area contributed by atoms with Gasteiger partial charge in [0, 0.05) is 12.5 Å². The Kier molecular flexibility index (Phi) is 5.81. The molecule has 3 N–H and O–H groups in total. The SMILES string of the molecule is CC(C)NC(=O)Nc1ccccc1NC(=O)CC1CCCC1. The van der Waals surface area contributed by atoms with Crippen molar-refractivity contribution < 1.29 is 9.59 Å². The largest absolute Gasteiger partial charge is 0.336 e. The maximum atomic E-state index is 12.1. The van der Waals surface area contributed by atoms with E-state index < -0.39 is 0 Å². The van der Waals surface area contributed by atoms with Crippen LogP contribution < -0.4 is 16.0 Å². The molecule has 1 saturated carbocycles. The van der Waals surface area contributed by atoms with Gasteiger partial charge in [0.05, 0.1) is 11.4 Å². The average Bonchev–Trinajstić information content (AvgIpc) is 2.92. The molecule has 1 aliphatic carbocycles. The highest BCUT2D eigenvalue weighted by atomic mass is 16.2. The topological polar surface area (TPSA) is 70.2 Å². The van der Waals surface area contributed by atoms with Crippen molar-refractivity contribution in [2.45, 2.75) is 52.0 Å². The predicted molar refractivity (Wildman–Crippen MR) is 88.9 cm³/mol. The van der Waals surface area contributed by atoms with Crippen LogP contribution in [0.2, 0.25) is 0 Å². The molecule has 0 saturated heterocycles. The van der Waals surface area contributed by atoms with Crippen LogP contribution in [0.1, 0.15) is 46.0 Å². The van der Waals surface area contributed by atoms with Gasteiger partial charge >= 0.3 is 6.03 Å². The molecule has 120 valence electrons. The van der Waals surface area contributed by atoms with Gasteiger partial charge in [0.2, 0.25) is 5.91 Å². The number of hydrogen-bond donors (Lipinski definition) is 3. The monoisotopic (exact) mass is 303 g/mol. The van der Waals surface area contributed by atoms with Gasteiger partial charge in [-0.3, -0.25) is 4.79 Å². The number of carbonyl (C=O) groups is 2. The third-order valence-electron chi connectivity index (χ3n) is 3.82. The molecule has 0 atom stereocenters. The Bertz CT molecular complexity index is 522. The lowest BCUT2D eigenvalue weighted by molar-refractivity contribution is -0.117. The Hall–Kier alpha value is -2.04. The van der Waals surface area contributed by atoms with Crippen LogP contribution >= 0.6 is 0 Å². The Morgan fingerprint density at radius 2 is 1.68 bits per heavy atom. The molecule has 0 bridgehead atoms. The second-order valence-electron chi connectivity index (χ2n) is 6.20. The van der Waals surface area contributed by atoms with Gasteiger partial charge in [0.15, 0.2) is 0 Å². The molecule has 1 aliphatic rings. The quantitative estimate of drug-likeness (QED) is 0.775. The predicted octanol–water partition coefficient (Wildman–Crippen LogP) is 3.74. The summed E-state index contributed by atoms with van der Waals surface area (Å²) in [6.45, 7) is 3.80. The van der Waals surface area contributed by atoms with Crippen molar-refractivity contribution >= 4 is 23.3 Å². The Morgan fingerprint density at radius 3 is 2.27 bits per heavy atom. The lowest BCUT2D eigenvalue weighted by Gasteiger charge is -2.15. The molecule has 5 heteroatoms. The first-order chi connectivity index (χ1) is 10.5. The van der Waals surface area contributed by atoms with E-state index in [-0.39, 0.29) is 18.0 Å². The maximum absolute atomic E-state index is 12.1. The lowest BCUT2D eigenvalue weighted by atomic mass is 10.0. The number of amides is 3. The standard InChI is InChI=1S/C17H25N3O2/c1-12(2)18-17(22)20-15-10-6-5-9-14(15)19-16(21)11-13-7-3-4-8-13/h5-6,9-10,12-13H,3-4,7-8,11H2,1-2H3,(H,19,21)(H2,18,20,22). The number of benzene rings is 1. The first-order valence-electron chi connectivity index (χ1n) is 8.01. The van der Waals surface area contributed by atoms with Crippen molar-refractivity contribution in [1.82, 2.24) is 5.32 Å². The Balaban J connectivity index is 1.95. The van der Waals surface area contributed by atoms with Crippen molar-refractivity contribution in [3.63, 3.8) is 0 Å². The summed E-state index contributed by atoms with van der Waals surface area (Å²) in [5.74, 6) is 0.523. The first kappa shape index (κ1) is 16.3. The fourth-order valence-corrected chi connectivity index (χ4v) is 2.80. The van der Waals surface area contributed by atoms with Gasteiger partial charge in [-0.15, -0.1) is 0 Å². The molecule has 0 spiro atoms. The normalized spacial score (nSPS) is 14.9. The van der Waals surface area contributed by atoms with Crippen LogP contribution in [-0.2, 0) is 4.79 Å². The molecule has 5 nitrogen and oxygen atoms in total. The molecular formula is C17H25N3O2. The molecule has 3 amide bonds. The van der Waals surface area contributed by atoms with Crippen molar-refractivity contribution in [3.8, 4) is 0 Å². The van der Waals surface area contributed by atoms with E-state index in [1.54, 1.807) is 12.1 Å². The summed E-state index contributed by atoms with van der Waals surface area (Å²) >= 11 is 0. The van der Waals surface area contributed by atoms with Crippen LogP contribution in [0, 0.1) is 5.92 Å². The van der Waals surface area contributed by atoms with Crippen LogP contribution in [0.25, 0.3) is 0 Å². The maximum Gasteiger partial charge on any atom is 0.319 e. The summed E-state index contributed by atoms with van der Waals surface area (Å²) in [6.07, 6.45) is 5.30. The highest BCUT2D eigenvalue weighted by Crippen LogP contribution is 2.28. The molecule has 0 heterocycles. The van der Waals surface area contributed by atoms with Crippen molar-refractivity contribution in [3.05, 3.63) is 24.3 Å². The van der Waals surface area contributed by atoms with E-state index in [0.29, 0.717) is 23.7 Å². The van der Waals surface area contributed by atoms with Gasteiger partial charge < -0.3 is 16.0 Å². The van der Waals surface area contributed by atoms with Crippen molar-refractivity contribution in [2.24, 2.45) is 5.92 Å². The van der Waals surface area contributed by atoms with Gasteiger partial charge in [-0.1, -0.05) is 25.0 Å². The summed E-state index contributed by atoms with van der Waals surface area (Å²) in [5.41, 5.74) is 1.25. The van der Waals surface area contributed by atoms with Crippen molar-refractivity contribution in [2.75, 3.05) is 10.6 Å². The van der Waals surface area contributed by atoms with E-state index in [1.807, 2.05) is 26.0 Å². The average molecular weight is 303 g/mol. The fourth-order valence-electron chi connectivity index (χ4n) is 2.80. The van der Waals surface area contributed by atoms with Crippen LogP contribution in [0.4, 0.5) is 16.2 Å². The molecule has 1 fully saturated rings. The first-order valence-corrected chi connectivity index (χ1v) is 8.01. The number of para-hydroxylation sites is 2. The summed E-state index contributed by atoms with van der Waals surface area (Å²) in [4.78, 5) is 23.9. The van der Waals surface area contributed by atoms with E-state index in [1.165, 1.54) is 12.8 Å². The minimum Gasteiger partial charge on any atom is -0.336 e. The Morgan fingerprint density at radius 1 is 1.09 bits per heavy atom. The molecule has 22 heavy (non-hydrogen) atoms. The smallest absolute Gasteiger partial charge is 0.319 e. The zero-order valence-corrected chi connectivity index (χ0v) is 13.3. The van der Waals surface area contributed by atoms with Gasteiger partial charge in [0.1, 0.15) is 0 Å². The van der Waals surface area contributed by atoms with E-state index in [0.717, 1.165) is 12.8 Å². The highest BCUT2D eigenvalue weighted by Gasteiger charge is 2.19. The number of rotatable bonds is 5. The lowest BCUT2D eigenvalue weighted by Crippen LogP contribution is -2.34. The molecule has 0 aliphatic heterocycles. The van der Waals surface area contributed by atoms with Gasteiger partial charge in [-0.2, -0.15) is 0 Å². The second kappa shape index (κ2) is 7.82. The van der Waals surface area contributed by atoms with Crippen LogP contribution in [0.3, 0.4) is 0 Å². The van der Waals surface area contributed by atoms with Gasteiger partial charge in [-0.05, 0) is 44.7 Å². The molecule has 1 aromatic rings. The highest BCUT2D eigenvalue weighted by molar-refractivity contribution is 5.99. The fraction of sp³-hybridized carbons (Fsp3) is 0.529. The zero-order chi connectivity index (χ0) is 15.9. The van der Waals surface area contributed by atoms with E-state index in [9.17, 15) is 9.59 Å². The van der Waals surface area contributed by atoms with Crippen LogP contribution in [0.15, 0.2) is 24.3 Å². The molecule has 0 radical (unpaired) electrons. The minimum atomic E-state index is -0.271. The molecular weight excluding hydrogens is 278 g/mol. The molecule has 0 aromatic heterocycles. The summed E-state index contributed by atoms with van der Waals surface area (Å²) in [6, 6.07) is 7.05. The van der Waals surface area contributed by atoms with E-state index in [4.69, 9.17) is 0 Å². The van der Waals surface area contributed by atoms with Gasteiger partial charge in [0.25, 0.3) is 0 Å². The Labute approximate surface area is 131 Å². The molecule has 2 rings (SSSR count). The third kappa shape index (κ3) is 5.06. The number of hydrogen-bond acceptors (Lipinski definition) is 2. The van der Waals surface area contributed by atoms with Gasteiger partial charge in [-0.25, -0.2) is 4.79 Å². The number of nitrogens with one attached hydrogen (secondary N) is 3. The zero-order valence-electron chi connectivity index (χ0n) is 13.3. The van der Waals surface area contributed by atoms with Crippen LogP contribution in [0.5, 0.6) is 0 Å². The van der Waals surface area contributed by atoms with Crippen LogP contribution in [-0.4, -0.2) is 18.0 Å². The number of anilines is 2. The van der Waals surface area contributed by atoms with E-state index in [2.05, 4.69) is 16.0 Å². The number of carbonyl (C=O) groups excluding carboxylic acids is 2. The molecule has 1 aromatic carbocycles. The summed E-state index contributed by atoms with van der Waals surface area (Å²) < 4.78 is 0. The summed E-state index contributed by atoms with van der Waals surface area (Å²) in [7, 11) is 0. The third-order valence-corrected chi connectivity index (χ3v) is 3.82. The molecule has 0 unspecified atom stereocenters. The minimum absolute atomic E-state index is 0.0189. The second-order valence-corrected chi connectivity index (χ2v) is 6.20. The van der Waals surface area contributed by atoms with E-state index >= 15 is 0 Å².